The van der Waals surface area contributed by atoms with Crippen LogP contribution in [0.4, 0.5) is 0 Å². The van der Waals surface area contributed by atoms with E-state index in [4.69, 9.17) is 0 Å². The smallest absolute Gasteiger partial charge is 0.244 e. The van der Waals surface area contributed by atoms with Gasteiger partial charge in [-0.1, -0.05) is 36.8 Å². The molecule has 2 rings (SSSR count). The summed E-state index contributed by atoms with van der Waals surface area (Å²) in [6, 6.07) is 10.4. The zero-order valence-electron chi connectivity index (χ0n) is 13.1. The Morgan fingerprint density at radius 2 is 1.90 bits per heavy atom. The van der Waals surface area contributed by atoms with E-state index in [-0.39, 0.29) is 5.91 Å². The first-order valence-corrected chi connectivity index (χ1v) is 7.92. The fourth-order valence-corrected chi connectivity index (χ4v) is 2.77. The molecule has 1 heterocycles. The van der Waals surface area contributed by atoms with Gasteiger partial charge in [0.15, 0.2) is 0 Å². The summed E-state index contributed by atoms with van der Waals surface area (Å²) in [5.41, 5.74) is 2.09. The van der Waals surface area contributed by atoms with Crippen LogP contribution in [0, 0.1) is 0 Å². The van der Waals surface area contributed by atoms with Gasteiger partial charge in [-0.2, -0.15) is 0 Å². The van der Waals surface area contributed by atoms with Crippen molar-refractivity contribution < 1.29 is 4.79 Å². The monoisotopic (exact) mass is 286 g/mol. The van der Waals surface area contributed by atoms with Crippen LogP contribution in [0.5, 0.6) is 0 Å². The highest BCUT2D eigenvalue weighted by Crippen LogP contribution is 2.13. The molecule has 1 N–H and O–H groups in total. The van der Waals surface area contributed by atoms with Gasteiger partial charge >= 0.3 is 0 Å². The molecular weight excluding hydrogens is 260 g/mol. The summed E-state index contributed by atoms with van der Waals surface area (Å²) in [5, 5.41) is 3.02. The molecule has 3 heteroatoms. The van der Waals surface area contributed by atoms with Crippen LogP contribution >= 0.6 is 0 Å². The Kier molecular flexibility index (Phi) is 6.00. The second-order valence-corrected chi connectivity index (χ2v) is 5.88. The highest BCUT2D eigenvalue weighted by atomic mass is 16.1. The van der Waals surface area contributed by atoms with Crippen LogP contribution in [0.25, 0.3) is 5.57 Å². The Morgan fingerprint density at radius 3 is 2.57 bits per heavy atom. The first kappa shape index (κ1) is 15.8. The minimum Gasteiger partial charge on any atom is -0.351 e. The number of amides is 1. The summed E-state index contributed by atoms with van der Waals surface area (Å²) in [6.45, 7) is 7.21. The predicted molar refractivity (Wildman–Crippen MR) is 88.0 cm³/mol. The topological polar surface area (TPSA) is 32.3 Å². The van der Waals surface area contributed by atoms with Crippen molar-refractivity contribution in [2.45, 2.75) is 39.2 Å². The third-order valence-electron chi connectivity index (χ3n) is 4.16. The molecule has 1 aliphatic heterocycles. The number of nitrogens with zero attached hydrogens (tertiary/aromatic N) is 1. The first-order valence-electron chi connectivity index (χ1n) is 7.92. The molecule has 0 radical (unpaired) electrons. The maximum atomic E-state index is 12.0. The number of hydrogen-bond acceptors (Lipinski definition) is 2. The molecule has 1 fully saturated rings. The van der Waals surface area contributed by atoms with Gasteiger partial charge in [0.25, 0.3) is 0 Å². The second-order valence-electron chi connectivity index (χ2n) is 5.88. The van der Waals surface area contributed by atoms with E-state index in [1.807, 2.05) is 37.3 Å². The third-order valence-corrected chi connectivity index (χ3v) is 4.16. The number of piperidine rings is 1. The Labute approximate surface area is 128 Å². The van der Waals surface area contributed by atoms with E-state index in [1.165, 1.54) is 19.3 Å². The van der Waals surface area contributed by atoms with Gasteiger partial charge in [-0.3, -0.25) is 9.69 Å². The molecule has 0 spiro atoms. The summed E-state index contributed by atoms with van der Waals surface area (Å²) in [5.74, 6) is 0.000197. The van der Waals surface area contributed by atoms with E-state index < -0.39 is 0 Å². The average molecular weight is 286 g/mol. The summed E-state index contributed by atoms with van der Waals surface area (Å²) in [6.07, 6.45) is 5.60. The van der Waals surface area contributed by atoms with Crippen molar-refractivity contribution in [1.29, 1.82) is 0 Å². The number of carbonyl (C=O) groups is 1. The molecule has 1 unspecified atom stereocenters. The SMILES string of the molecule is C/C(=C\C(=O)NCC(C)N1CCCCC1)c1ccccc1. The number of carbonyl (C=O) groups excluding carboxylic acids is 1. The number of allylic oxidation sites excluding steroid dienone is 1. The van der Waals surface area contributed by atoms with Crippen molar-refractivity contribution in [3.8, 4) is 0 Å². The van der Waals surface area contributed by atoms with E-state index in [9.17, 15) is 4.79 Å². The van der Waals surface area contributed by atoms with Crippen LogP contribution in [0.2, 0.25) is 0 Å². The highest BCUT2D eigenvalue weighted by Gasteiger charge is 2.16. The molecule has 114 valence electrons. The van der Waals surface area contributed by atoms with Crippen LogP contribution < -0.4 is 5.32 Å². The largest absolute Gasteiger partial charge is 0.351 e. The Morgan fingerprint density at radius 1 is 1.24 bits per heavy atom. The predicted octanol–water partition coefficient (Wildman–Crippen LogP) is 3.08. The lowest BCUT2D eigenvalue weighted by Crippen LogP contribution is -2.44. The van der Waals surface area contributed by atoms with Gasteiger partial charge < -0.3 is 5.32 Å². The maximum Gasteiger partial charge on any atom is 0.244 e. The van der Waals surface area contributed by atoms with E-state index in [0.29, 0.717) is 6.04 Å². The van der Waals surface area contributed by atoms with Crippen molar-refractivity contribution in [2.24, 2.45) is 0 Å². The van der Waals surface area contributed by atoms with Crippen LogP contribution in [-0.2, 0) is 4.79 Å². The molecule has 0 aromatic heterocycles. The van der Waals surface area contributed by atoms with Gasteiger partial charge in [0.2, 0.25) is 5.91 Å². The standard InChI is InChI=1S/C18H26N2O/c1-15(17-9-5-3-6-10-17)13-18(21)19-14-16(2)20-11-7-4-8-12-20/h3,5-6,9-10,13,16H,4,7-8,11-12,14H2,1-2H3,(H,19,21)/b15-13+. The lowest BCUT2D eigenvalue weighted by atomic mass is 10.1. The third kappa shape index (κ3) is 5.01. The van der Waals surface area contributed by atoms with Crippen molar-refractivity contribution in [2.75, 3.05) is 19.6 Å². The Bertz CT molecular complexity index is 475. The van der Waals surface area contributed by atoms with Gasteiger partial charge in [0.05, 0.1) is 0 Å². The number of benzene rings is 1. The minimum atomic E-state index is 0.000197. The number of hydrogen-bond donors (Lipinski definition) is 1. The highest BCUT2D eigenvalue weighted by molar-refractivity contribution is 5.94. The second kappa shape index (κ2) is 7.99. The summed E-state index contributed by atoms with van der Waals surface area (Å²) < 4.78 is 0. The van der Waals surface area contributed by atoms with Gasteiger partial charge in [-0.05, 0) is 50.9 Å². The molecule has 1 amide bonds. The van der Waals surface area contributed by atoms with E-state index in [2.05, 4.69) is 17.1 Å². The number of likely N-dealkylation sites (tertiary alicyclic amines) is 1. The average Bonchev–Trinajstić information content (AvgIpc) is 2.54. The molecular formula is C18H26N2O. The molecule has 1 aliphatic rings. The zero-order valence-corrected chi connectivity index (χ0v) is 13.1. The van der Waals surface area contributed by atoms with E-state index >= 15 is 0 Å². The first-order chi connectivity index (χ1) is 10.2. The molecule has 3 nitrogen and oxygen atoms in total. The van der Waals surface area contributed by atoms with E-state index in [1.54, 1.807) is 6.08 Å². The van der Waals surface area contributed by atoms with Gasteiger partial charge in [0, 0.05) is 18.7 Å². The maximum absolute atomic E-state index is 12.0. The molecule has 21 heavy (non-hydrogen) atoms. The van der Waals surface area contributed by atoms with Crippen molar-refractivity contribution in [3.63, 3.8) is 0 Å². The lowest BCUT2D eigenvalue weighted by molar-refractivity contribution is -0.116. The van der Waals surface area contributed by atoms with Gasteiger partial charge in [-0.15, -0.1) is 0 Å². The molecule has 0 aliphatic carbocycles. The minimum absolute atomic E-state index is 0.000197. The molecule has 1 atom stereocenters. The van der Waals surface area contributed by atoms with Crippen LogP contribution in [0.1, 0.15) is 38.7 Å². The van der Waals surface area contributed by atoms with Crippen LogP contribution in [-0.4, -0.2) is 36.5 Å². The fraction of sp³-hybridized carbons (Fsp3) is 0.500. The van der Waals surface area contributed by atoms with Crippen LogP contribution in [0.3, 0.4) is 0 Å². The van der Waals surface area contributed by atoms with Crippen molar-refractivity contribution in [1.82, 2.24) is 10.2 Å². The molecule has 1 saturated heterocycles. The normalized spacial score (nSPS) is 18.3. The molecule has 0 saturated carbocycles. The summed E-state index contributed by atoms with van der Waals surface area (Å²) >= 11 is 0. The number of rotatable bonds is 5. The molecule has 0 bridgehead atoms. The molecule has 1 aromatic carbocycles. The summed E-state index contributed by atoms with van der Waals surface area (Å²) in [4.78, 5) is 14.5. The Balaban J connectivity index is 1.81. The zero-order chi connectivity index (χ0) is 15.1. The Hall–Kier alpha value is -1.61. The van der Waals surface area contributed by atoms with Crippen molar-refractivity contribution in [3.05, 3.63) is 42.0 Å². The fourth-order valence-electron chi connectivity index (χ4n) is 2.77. The van der Waals surface area contributed by atoms with Crippen LogP contribution in [0.15, 0.2) is 36.4 Å². The number of nitrogens with one attached hydrogen (secondary N) is 1. The van der Waals surface area contributed by atoms with E-state index in [0.717, 1.165) is 30.8 Å². The molecule has 1 aromatic rings. The lowest BCUT2D eigenvalue weighted by Gasteiger charge is -2.32. The van der Waals surface area contributed by atoms with Crippen molar-refractivity contribution >= 4 is 11.5 Å². The van der Waals surface area contributed by atoms with Gasteiger partial charge in [-0.25, -0.2) is 0 Å². The quantitative estimate of drug-likeness (QED) is 0.844. The summed E-state index contributed by atoms with van der Waals surface area (Å²) in [7, 11) is 0. The van der Waals surface area contributed by atoms with Gasteiger partial charge in [0.1, 0.15) is 0 Å².